The van der Waals surface area contributed by atoms with E-state index >= 15 is 0 Å². The van der Waals surface area contributed by atoms with Crippen LogP contribution in [0.2, 0.25) is 0 Å². The van der Waals surface area contributed by atoms with E-state index < -0.39 is 22.4 Å². The molecular weight excluding hydrogens is 434 g/mol. The number of rotatable bonds is 6. The van der Waals surface area contributed by atoms with Gasteiger partial charge in [0.2, 0.25) is 5.91 Å². The molecule has 2 aliphatic carbocycles. The van der Waals surface area contributed by atoms with E-state index in [0.717, 1.165) is 83.6 Å². The summed E-state index contributed by atoms with van der Waals surface area (Å²) in [5.41, 5.74) is -0.459. The standard InChI is InChI=1S/C26H47N3O3S/c1-20-13-12-18-29(20)23(30)22(21-14-8-7-9-15-21)27-24(31)28-26(16-10-5-6-11-17-26)19-33(32)25(2,3)4/h20-22H,5-19H2,1-4H3,(H2,27,28,31)/t20-,22?,33?/m1/s1. The van der Waals surface area contributed by atoms with Crippen LogP contribution in [0.15, 0.2) is 0 Å². The molecule has 2 saturated carbocycles. The minimum atomic E-state index is -1.05. The number of hydrogen-bond acceptors (Lipinski definition) is 3. The van der Waals surface area contributed by atoms with E-state index in [4.69, 9.17) is 0 Å². The van der Waals surface area contributed by atoms with E-state index in [1.165, 1.54) is 6.42 Å². The van der Waals surface area contributed by atoms with Crippen molar-refractivity contribution in [1.82, 2.24) is 15.5 Å². The van der Waals surface area contributed by atoms with Gasteiger partial charge < -0.3 is 15.5 Å². The highest BCUT2D eigenvalue weighted by Gasteiger charge is 2.40. The van der Waals surface area contributed by atoms with Crippen molar-refractivity contribution < 1.29 is 13.8 Å². The first-order valence-corrected chi connectivity index (χ1v) is 14.7. The summed E-state index contributed by atoms with van der Waals surface area (Å²) >= 11 is 0. The zero-order valence-electron chi connectivity index (χ0n) is 21.4. The van der Waals surface area contributed by atoms with E-state index in [1.807, 2.05) is 25.7 Å². The van der Waals surface area contributed by atoms with Crippen molar-refractivity contribution in [3.8, 4) is 0 Å². The molecule has 2 N–H and O–H groups in total. The Balaban J connectivity index is 1.75. The van der Waals surface area contributed by atoms with E-state index in [2.05, 4.69) is 17.6 Å². The Morgan fingerprint density at radius 1 is 0.970 bits per heavy atom. The van der Waals surface area contributed by atoms with Crippen molar-refractivity contribution in [1.29, 1.82) is 0 Å². The van der Waals surface area contributed by atoms with Crippen LogP contribution in [0.1, 0.15) is 111 Å². The highest BCUT2D eigenvalue weighted by atomic mass is 32.2. The summed E-state index contributed by atoms with van der Waals surface area (Å²) < 4.78 is 12.8. The summed E-state index contributed by atoms with van der Waals surface area (Å²) in [7, 11) is -1.05. The molecule has 2 unspecified atom stereocenters. The smallest absolute Gasteiger partial charge is 0.315 e. The average molecular weight is 482 g/mol. The molecular formula is C26H47N3O3S. The molecule has 3 aliphatic rings. The van der Waals surface area contributed by atoms with Gasteiger partial charge in [0, 0.05) is 33.9 Å². The molecule has 0 aromatic rings. The van der Waals surface area contributed by atoms with Gasteiger partial charge in [-0.1, -0.05) is 44.9 Å². The van der Waals surface area contributed by atoms with Crippen LogP contribution in [0.4, 0.5) is 4.79 Å². The first-order chi connectivity index (χ1) is 15.6. The van der Waals surface area contributed by atoms with E-state index in [-0.39, 0.29) is 28.6 Å². The SMILES string of the molecule is C[C@@H]1CCCN1C(=O)C(NC(=O)NC1(CS(=O)C(C)(C)C)CCCCCC1)C1CCCCC1. The van der Waals surface area contributed by atoms with Gasteiger partial charge in [0.1, 0.15) is 6.04 Å². The van der Waals surface area contributed by atoms with Crippen molar-refractivity contribution in [2.24, 2.45) is 5.92 Å². The van der Waals surface area contributed by atoms with E-state index in [0.29, 0.717) is 5.75 Å². The third kappa shape index (κ3) is 7.19. The Hall–Kier alpha value is -1.11. The van der Waals surface area contributed by atoms with Gasteiger partial charge in [-0.25, -0.2) is 4.79 Å². The van der Waals surface area contributed by atoms with Gasteiger partial charge in [0.25, 0.3) is 0 Å². The van der Waals surface area contributed by atoms with Gasteiger partial charge in [-0.2, -0.15) is 0 Å². The summed E-state index contributed by atoms with van der Waals surface area (Å²) in [6, 6.07) is -0.462. The monoisotopic (exact) mass is 481 g/mol. The molecule has 0 aromatic heterocycles. The van der Waals surface area contributed by atoms with Crippen LogP contribution in [0, 0.1) is 5.92 Å². The highest BCUT2D eigenvalue weighted by Crippen LogP contribution is 2.32. The summed E-state index contributed by atoms with van der Waals surface area (Å²) in [5.74, 6) is 0.781. The van der Waals surface area contributed by atoms with Crippen molar-refractivity contribution >= 4 is 22.7 Å². The van der Waals surface area contributed by atoms with Crippen molar-refractivity contribution in [2.45, 2.75) is 134 Å². The first kappa shape index (κ1) is 26.5. The molecule has 0 spiro atoms. The number of likely N-dealkylation sites (tertiary alicyclic amines) is 1. The fourth-order valence-corrected chi connectivity index (χ4v) is 7.18. The molecule has 3 rings (SSSR count). The van der Waals surface area contributed by atoms with Crippen LogP contribution in [-0.2, 0) is 15.6 Å². The van der Waals surface area contributed by atoms with Gasteiger partial charge >= 0.3 is 6.03 Å². The normalized spacial score (nSPS) is 26.3. The van der Waals surface area contributed by atoms with Crippen LogP contribution >= 0.6 is 0 Å². The van der Waals surface area contributed by atoms with E-state index in [1.54, 1.807) is 0 Å². The molecule has 1 saturated heterocycles. The summed E-state index contributed by atoms with van der Waals surface area (Å²) in [5, 5.41) is 6.44. The Labute approximate surface area is 203 Å². The molecule has 1 aliphatic heterocycles. The Morgan fingerprint density at radius 3 is 2.12 bits per heavy atom. The van der Waals surface area contributed by atoms with Crippen LogP contribution in [0.3, 0.4) is 0 Å². The lowest BCUT2D eigenvalue weighted by Gasteiger charge is -2.38. The number of carbonyl (C=O) groups is 2. The fraction of sp³-hybridized carbons (Fsp3) is 0.923. The van der Waals surface area contributed by atoms with Crippen LogP contribution in [-0.4, -0.2) is 55.7 Å². The number of amides is 3. The minimum absolute atomic E-state index is 0.0928. The second-order valence-corrected chi connectivity index (χ2v) is 14.0. The highest BCUT2D eigenvalue weighted by molar-refractivity contribution is 7.86. The zero-order chi connectivity index (χ0) is 24.1. The summed E-state index contributed by atoms with van der Waals surface area (Å²) in [6.07, 6.45) is 13.6. The van der Waals surface area contributed by atoms with Crippen molar-refractivity contribution in [2.75, 3.05) is 12.3 Å². The summed E-state index contributed by atoms with van der Waals surface area (Å²) in [4.78, 5) is 29.0. The van der Waals surface area contributed by atoms with Gasteiger partial charge in [0.05, 0.1) is 5.54 Å². The third-order valence-corrected chi connectivity index (χ3v) is 10.2. The topological polar surface area (TPSA) is 78.5 Å². The minimum Gasteiger partial charge on any atom is -0.338 e. The van der Waals surface area contributed by atoms with Crippen molar-refractivity contribution in [3.63, 3.8) is 0 Å². The molecule has 3 atom stereocenters. The number of carbonyl (C=O) groups excluding carboxylic acids is 2. The molecule has 1 heterocycles. The van der Waals surface area contributed by atoms with Crippen molar-refractivity contribution in [3.05, 3.63) is 0 Å². The molecule has 0 radical (unpaired) electrons. The second kappa shape index (κ2) is 11.5. The molecule has 0 bridgehead atoms. The maximum absolute atomic E-state index is 13.6. The Bertz CT molecular complexity index is 691. The van der Waals surface area contributed by atoms with Crippen LogP contribution in [0.5, 0.6) is 0 Å². The molecule has 3 amide bonds. The zero-order valence-corrected chi connectivity index (χ0v) is 22.2. The molecule has 190 valence electrons. The Kier molecular flexibility index (Phi) is 9.27. The van der Waals surface area contributed by atoms with Gasteiger partial charge in [-0.05, 0) is 72.1 Å². The second-order valence-electron chi connectivity index (χ2n) is 11.8. The summed E-state index contributed by atoms with van der Waals surface area (Å²) in [6.45, 7) is 8.92. The Morgan fingerprint density at radius 2 is 1.58 bits per heavy atom. The molecule has 3 fully saturated rings. The molecule has 33 heavy (non-hydrogen) atoms. The third-order valence-electron chi connectivity index (χ3n) is 8.04. The number of nitrogens with zero attached hydrogens (tertiary/aromatic N) is 1. The van der Waals surface area contributed by atoms with E-state index in [9.17, 15) is 13.8 Å². The maximum Gasteiger partial charge on any atom is 0.315 e. The first-order valence-electron chi connectivity index (χ1n) is 13.4. The lowest BCUT2D eigenvalue weighted by molar-refractivity contribution is -0.135. The molecule has 7 heteroatoms. The average Bonchev–Trinajstić information content (AvgIpc) is 3.06. The predicted octanol–water partition coefficient (Wildman–Crippen LogP) is 4.89. The van der Waals surface area contributed by atoms with Gasteiger partial charge in [-0.3, -0.25) is 9.00 Å². The quantitative estimate of drug-likeness (QED) is 0.531. The molecule has 0 aromatic carbocycles. The number of urea groups is 1. The lowest BCUT2D eigenvalue weighted by atomic mass is 9.83. The molecule has 6 nitrogen and oxygen atoms in total. The fourth-order valence-electron chi connectivity index (χ4n) is 5.88. The van der Waals surface area contributed by atoms with Gasteiger partial charge in [0.15, 0.2) is 0 Å². The van der Waals surface area contributed by atoms with Crippen LogP contribution in [0.25, 0.3) is 0 Å². The predicted molar refractivity (Wildman–Crippen MR) is 136 cm³/mol. The van der Waals surface area contributed by atoms with Gasteiger partial charge in [-0.15, -0.1) is 0 Å². The number of nitrogens with one attached hydrogen (secondary N) is 2. The maximum atomic E-state index is 13.6. The lowest BCUT2D eigenvalue weighted by Crippen LogP contribution is -2.61. The number of hydrogen-bond donors (Lipinski definition) is 2. The van der Waals surface area contributed by atoms with Crippen LogP contribution < -0.4 is 10.6 Å². The largest absolute Gasteiger partial charge is 0.338 e.